The summed E-state index contributed by atoms with van der Waals surface area (Å²) in [5.41, 5.74) is 5.65. The van der Waals surface area contributed by atoms with Crippen LogP contribution in [0, 0.1) is 5.82 Å². The summed E-state index contributed by atoms with van der Waals surface area (Å²) in [5, 5.41) is 33.8. The second kappa shape index (κ2) is 9.46. The summed E-state index contributed by atoms with van der Waals surface area (Å²) in [6.45, 7) is 0. The van der Waals surface area contributed by atoms with Gasteiger partial charge in [0.2, 0.25) is 0 Å². The van der Waals surface area contributed by atoms with Crippen LogP contribution in [0.4, 0.5) is 4.39 Å². The van der Waals surface area contributed by atoms with Gasteiger partial charge >= 0.3 is 5.97 Å². The molecular weight excluding hydrogens is 411 g/mol. The highest BCUT2D eigenvalue weighted by Crippen LogP contribution is 2.35. The van der Waals surface area contributed by atoms with Crippen molar-refractivity contribution in [3.05, 3.63) is 77.2 Å². The van der Waals surface area contributed by atoms with E-state index in [1.165, 1.54) is 17.7 Å². The van der Waals surface area contributed by atoms with Crippen LogP contribution >= 0.6 is 0 Å². The monoisotopic (exact) mass is 436 g/mol. The fourth-order valence-corrected chi connectivity index (χ4v) is 4.15. The number of carboxylic acid groups (broad SMARTS) is 1. The first kappa shape index (κ1) is 21.9. The molecule has 1 aliphatic carbocycles. The first-order valence-corrected chi connectivity index (χ1v) is 10.6. The van der Waals surface area contributed by atoms with Gasteiger partial charge in [-0.1, -0.05) is 30.3 Å². The highest BCUT2D eigenvalue weighted by atomic mass is 19.1. The van der Waals surface area contributed by atoms with Gasteiger partial charge in [0.05, 0.1) is 35.7 Å². The quantitative estimate of drug-likeness (QED) is 0.524. The molecule has 0 radical (unpaired) electrons. The predicted octanol–water partition coefficient (Wildman–Crippen LogP) is 3.77. The molecule has 2 atom stereocenters. The number of fused-ring (bicyclic) bond motifs is 3. The van der Waals surface area contributed by atoms with Crippen molar-refractivity contribution in [3.8, 4) is 16.9 Å². The standard InChI is InChI=1S/C25H25FN2O4/c26-17-8-10-18(11-9-17)28-23(13-12-19(29)14-20(30)15-24(31)32)22-7-3-5-16-4-1-2-6-21(16)25(22)27-28/h1-2,4,6,8-13,19-20,29-30H,3,5,7,14-15H2,(H,31,32)/b13-12+/t19-,20-/m0/s1. The number of aliphatic carboxylic acids is 1. The van der Waals surface area contributed by atoms with E-state index in [1.807, 2.05) is 18.2 Å². The third-order valence-electron chi connectivity index (χ3n) is 5.64. The number of aromatic nitrogens is 2. The Hall–Kier alpha value is -3.29. The summed E-state index contributed by atoms with van der Waals surface area (Å²) in [4.78, 5) is 10.8. The molecule has 0 amide bonds. The van der Waals surface area contributed by atoms with Gasteiger partial charge in [-0.2, -0.15) is 5.10 Å². The summed E-state index contributed by atoms with van der Waals surface area (Å²) < 4.78 is 15.2. The number of carboxylic acids is 1. The maximum atomic E-state index is 13.5. The van der Waals surface area contributed by atoms with Crippen molar-refractivity contribution in [2.24, 2.45) is 0 Å². The molecule has 4 rings (SSSR count). The van der Waals surface area contributed by atoms with Crippen LogP contribution < -0.4 is 0 Å². The lowest BCUT2D eigenvalue weighted by atomic mass is 10.0. The minimum absolute atomic E-state index is 0.0848. The van der Waals surface area contributed by atoms with Gasteiger partial charge in [-0.05, 0) is 55.2 Å². The summed E-state index contributed by atoms with van der Waals surface area (Å²) in [7, 11) is 0. The van der Waals surface area contributed by atoms with E-state index in [4.69, 9.17) is 10.2 Å². The molecule has 166 valence electrons. The van der Waals surface area contributed by atoms with Gasteiger partial charge < -0.3 is 15.3 Å². The molecule has 0 aliphatic heterocycles. The minimum Gasteiger partial charge on any atom is -0.481 e. The van der Waals surface area contributed by atoms with Crippen molar-refractivity contribution < 1.29 is 24.5 Å². The van der Waals surface area contributed by atoms with Crippen molar-refractivity contribution in [3.63, 3.8) is 0 Å². The van der Waals surface area contributed by atoms with Crippen molar-refractivity contribution in [1.82, 2.24) is 9.78 Å². The Morgan fingerprint density at radius 2 is 1.88 bits per heavy atom. The Morgan fingerprint density at radius 3 is 2.62 bits per heavy atom. The lowest BCUT2D eigenvalue weighted by Crippen LogP contribution is -2.19. The third kappa shape index (κ3) is 4.79. The Balaban J connectivity index is 1.74. The summed E-state index contributed by atoms with van der Waals surface area (Å²) in [6, 6.07) is 14.2. The number of halogens is 1. The van der Waals surface area contributed by atoms with Crippen molar-refractivity contribution >= 4 is 12.0 Å². The molecular formula is C25H25FN2O4. The number of aryl methyl sites for hydroxylation is 1. The van der Waals surface area contributed by atoms with E-state index in [9.17, 15) is 19.4 Å². The minimum atomic E-state index is -1.14. The van der Waals surface area contributed by atoms with Crippen LogP contribution in [0.15, 0.2) is 54.6 Å². The normalized spacial score (nSPS) is 15.1. The van der Waals surface area contributed by atoms with Crippen molar-refractivity contribution in [2.45, 2.75) is 44.3 Å². The molecule has 0 saturated carbocycles. The molecule has 7 heteroatoms. The largest absolute Gasteiger partial charge is 0.481 e. The van der Waals surface area contributed by atoms with Gasteiger partial charge in [-0.15, -0.1) is 0 Å². The molecule has 1 aromatic heterocycles. The number of rotatable bonds is 7. The van der Waals surface area contributed by atoms with E-state index < -0.39 is 24.6 Å². The Bertz CT molecular complexity index is 1140. The number of hydrogen-bond donors (Lipinski definition) is 3. The van der Waals surface area contributed by atoms with Crippen molar-refractivity contribution in [2.75, 3.05) is 0 Å². The predicted molar refractivity (Wildman–Crippen MR) is 119 cm³/mol. The first-order chi connectivity index (χ1) is 15.4. The van der Waals surface area contributed by atoms with E-state index in [2.05, 4.69) is 6.07 Å². The van der Waals surface area contributed by atoms with Crippen molar-refractivity contribution in [1.29, 1.82) is 0 Å². The highest BCUT2D eigenvalue weighted by molar-refractivity contribution is 5.73. The fourth-order valence-electron chi connectivity index (χ4n) is 4.15. The topological polar surface area (TPSA) is 95.6 Å². The number of benzene rings is 2. The molecule has 0 saturated heterocycles. The third-order valence-corrected chi connectivity index (χ3v) is 5.64. The summed E-state index contributed by atoms with van der Waals surface area (Å²) in [5.74, 6) is -1.46. The van der Waals surface area contributed by atoms with Crippen LogP contribution in [0.2, 0.25) is 0 Å². The number of nitrogens with zero attached hydrogens (tertiary/aromatic N) is 2. The summed E-state index contributed by atoms with van der Waals surface area (Å²) >= 11 is 0. The van der Waals surface area contributed by atoms with Crippen LogP contribution in [0.5, 0.6) is 0 Å². The van der Waals surface area contributed by atoms with Gasteiger partial charge in [-0.25, -0.2) is 9.07 Å². The molecule has 0 fully saturated rings. The smallest absolute Gasteiger partial charge is 0.305 e. The number of hydrogen-bond acceptors (Lipinski definition) is 4. The van der Waals surface area contributed by atoms with Crippen LogP contribution in [0.25, 0.3) is 23.0 Å². The van der Waals surface area contributed by atoms with Gasteiger partial charge in [0.25, 0.3) is 0 Å². The zero-order valence-corrected chi connectivity index (χ0v) is 17.5. The van der Waals surface area contributed by atoms with Crippen LogP contribution in [0.1, 0.15) is 36.1 Å². The maximum Gasteiger partial charge on any atom is 0.305 e. The molecule has 0 bridgehead atoms. The van der Waals surface area contributed by atoms with E-state index >= 15 is 0 Å². The number of aliphatic hydroxyl groups excluding tert-OH is 2. The molecule has 0 unspecified atom stereocenters. The Kier molecular flexibility index (Phi) is 6.48. The Labute approximate surface area is 185 Å². The van der Waals surface area contributed by atoms with Gasteiger partial charge in [0.15, 0.2) is 0 Å². The molecule has 6 nitrogen and oxygen atoms in total. The zero-order valence-electron chi connectivity index (χ0n) is 17.5. The molecule has 32 heavy (non-hydrogen) atoms. The van der Waals surface area contributed by atoms with E-state index in [0.717, 1.165) is 41.8 Å². The van der Waals surface area contributed by atoms with E-state index in [1.54, 1.807) is 29.0 Å². The molecule has 0 spiro atoms. The average molecular weight is 436 g/mol. The van der Waals surface area contributed by atoms with E-state index in [-0.39, 0.29) is 12.2 Å². The Morgan fingerprint density at radius 1 is 1.12 bits per heavy atom. The second-order valence-corrected chi connectivity index (χ2v) is 8.03. The van der Waals surface area contributed by atoms with Crippen LogP contribution in [-0.2, 0) is 17.6 Å². The lowest BCUT2D eigenvalue weighted by Gasteiger charge is -2.11. The van der Waals surface area contributed by atoms with Gasteiger partial charge in [-0.3, -0.25) is 4.79 Å². The van der Waals surface area contributed by atoms with Gasteiger partial charge in [0, 0.05) is 17.5 Å². The molecule has 3 N–H and O–H groups in total. The zero-order chi connectivity index (χ0) is 22.7. The fraction of sp³-hybridized carbons (Fsp3) is 0.280. The number of carbonyl (C=O) groups is 1. The lowest BCUT2D eigenvalue weighted by molar-refractivity contribution is -0.139. The summed E-state index contributed by atoms with van der Waals surface area (Å²) in [6.07, 6.45) is 3.30. The molecule has 2 aromatic carbocycles. The van der Waals surface area contributed by atoms with Crippen LogP contribution in [0.3, 0.4) is 0 Å². The molecule has 1 heterocycles. The first-order valence-electron chi connectivity index (χ1n) is 10.6. The van der Waals surface area contributed by atoms with Crippen LogP contribution in [-0.4, -0.2) is 43.3 Å². The molecule has 3 aromatic rings. The molecule has 1 aliphatic rings. The SMILES string of the molecule is O=C(O)C[C@@H](O)C[C@@H](O)/C=C/c1c2c(nn1-c1ccc(F)cc1)-c1ccccc1CCC2. The maximum absolute atomic E-state index is 13.5. The van der Waals surface area contributed by atoms with E-state index in [0.29, 0.717) is 5.69 Å². The highest BCUT2D eigenvalue weighted by Gasteiger charge is 2.23. The second-order valence-electron chi connectivity index (χ2n) is 8.03. The number of aliphatic hydroxyl groups is 2. The average Bonchev–Trinajstić information content (AvgIpc) is 3.00. The van der Waals surface area contributed by atoms with Gasteiger partial charge in [0.1, 0.15) is 5.82 Å².